The fraction of sp³-hybridized carbons (Fsp3) is 0.933. The van der Waals surface area contributed by atoms with E-state index in [0.717, 1.165) is 32.2 Å². The molecule has 112 valence electrons. The first kappa shape index (κ1) is 13.8. The first-order valence-corrected chi connectivity index (χ1v) is 8.67. The third kappa shape index (κ3) is 1.96. The van der Waals surface area contributed by atoms with Gasteiger partial charge in [0.15, 0.2) is 0 Å². The van der Waals surface area contributed by atoms with Gasteiger partial charge in [-0.15, -0.1) is 0 Å². The van der Waals surface area contributed by atoms with Gasteiger partial charge in [-0.2, -0.15) is 0 Å². The Morgan fingerprint density at radius 1 is 1.45 bits per heavy atom. The van der Waals surface area contributed by atoms with Crippen LogP contribution in [0.3, 0.4) is 0 Å². The number of aliphatic hydroxyl groups is 1. The zero-order valence-corrected chi connectivity index (χ0v) is 14.1. The minimum atomic E-state index is -0.565. The molecule has 0 radical (unpaired) electrons. The van der Waals surface area contributed by atoms with Crippen molar-refractivity contribution in [2.45, 2.75) is 60.7 Å². The third-order valence-electron chi connectivity index (χ3n) is 5.92. The van der Waals surface area contributed by atoms with E-state index < -0.39 is 9.02 Å². The van der Waals surface area contributed by atoms with Gasteiger partial charge in [-0.3, -0.25) is 4.79 Å². The standard InChI is InChI=1S/C15H22INO3/c1-13(19)3-8-4-15(7-13)5-9(15)11(8)20-12(18)14(2,16)10-6-17-10/h8-11,17,19H,3-7H2,1-2H3. The Morgan fingerprint density at radius 3 is 2.80 bits per heavy atom. The summed E-state index contributed by atoms with van der Waals surface area (Å²) in [4.78, 5) is 12.5. The normalized spacial score (nSPS) is 54.8. The van der Waals surface area contributed by atoms with E-state index in [1.54, 1.807) is 0 Å². The van der Waals surface area contributed by atoms with Crippen molar-refractivity contribution in [3.05, 3.63) is 0 Å². The van der Waals surface area contributed by atoms with Gasteiger partial charge in [-0.1, -0.05) is 22.6 Å². The van der Waals surface area contributed by atoms with Gasteiger partial charge in [-0.25, -0.2) is 0 Å². The zero-order chi connectivity index (χ0) is 14.3. The average Bonchev–Trinajstić information content (AvgIpc) is 3.18. The number of halogens is 1. The minimum absolute atomic E-state index is 0.0457. The van der Waals surface area contributed by atoms with E-state index >= 15 is 0 Å². The van der Waals surface area contributed by atoms with Crippen LogP contribution in [0.4, 0.5) is 0 Å². The van der Waals surface area contributed by atoms with E-state index in [9.17, 15) is 9.90 Å². The van der Waals surface area contributed by atoms with Crippen LogP contribution in [0.15, 0.2) is 0 Å². The number of esters is 1. The van der Waals surface area contributed by atoms with Crippen molar-refractivity contribution in [2.24, 2.45) is 17.3 Å². The molecule has 1 spiro atoms. The zero-order valence-electron chi connectivity index (χ0n) is 12.0. The maximum absolute atomic E-state index is 12.5. The summed E-state index contributed by atoms with van der Waals surface area (Å²) in [6.07, 6.45) is 4.00. The topological polar surface area (TPSA) is 68.5 Å². The molecule has 1 heterocycles. The van der Waals surface area contributed by atoms with Crippen molar-refractivity contribution in [3.63, 3.8) is 0 Å². The smallest absolute Gasteiger partial charge is 0.323 e. The van der Waals surface area contributed by atoms with E-state index in [0.29, 0.717) is 11.8 Å². The van der Waals surface area contributed by atoms with Crippen molar-refractivity contribution in [1.29, 1.82) is 0 Å². The molecule has 0 amide bonds. The highest BCUT2D eigenvalue weighted by Gasteiger charge is 2.71. The molecule has 4 aliphatic rings. The first-order valence-electron chi connectivity index (χ1n) is 7.59. The molecule has 4 nitrogen and oxygen atoms in total. The van der Waals surface area contributed by atoms with E-state index in [1.807, 2.05) is 13.8 Å². The molecule has 7 unspecified atom stereocenters. The molecular weight excluding hydrogens is 369 g/mol. The summed E-state index contributed by atoms with van der Waals surface area (Å²) in [5.41, 5.74) is -0.276. The molecule has 20 heavy (non-hydrogen) atoms. The number of alkyl halides is 1. The van der Waals surface area contributed by atoms with Gasteiger partial charge in [0.05, 0.1) is 5.60 Å². The summed E-state index contributed by atoms with van der Waals surface area (Å²) >= 11 is 2.22. The van der Waals surface area contributed by atoms with Crippen molar-refractivity contribution < 1.29 is 14.6 Å². The van der Waals surface area contributed by atoms with Crippen molar-refractivity contribution in [1.82, 2.24) is 5.32 Å². The maximum Gasteiger partial charge on any atom is 0.323 e. The van der Waals surface area contributed by atoms with Crippen LogP contribution in [-0.4, -0.2) is 38.8 Å². The molecule has 3 aliphatic carbocycles. The summed E-state index contributed by atoms with van der Waals surface area (Å²) in [6.45, 7) is 4.81. The van der Waals surface area contributed by atoms with E-state index in [4.69, 9.17) is 4.74 Å². The van der Waals surface area contributed by atoms with Gasteiger partial charge in [0.25, 0.3) is 0 Å². The fourth-order valence-corrected chi connectivity index (χ4v) is 5.47. The summed E-state index contributed by atoms with van der Waals surface area (Å²) in [7, 11) is 0. The Labute approximate surface area is 133 Å². The lowest BCUT2D eigenvalue weighted by atomic mass is 9.74. The lowest BCUT2D eigenvalue weighted by molar-refractivity contribution is -0.155. The number of carbonyl (C=O) groups excluding carboxylic acids is 1. The van der Waals surface area contributed by atoms with Crippen molar-refractivity contribution in [2.75, 3.05) is 6.54 Å². The second-order valence-electron chi connectivity index (χ2n) is 7.92. The van der Waals surface area contributed by atoms with Gasteiger partial charge in [0, 0.05) is 18.5 Å². The second-order valence-corrected chi connectivity index (χ2v) is 10.2. The lowest BCUT2D eigenvalue weighted by Gasteiger charge is -2.37. The molecule has 1 aliphatic heterocycles. The average molecular weight is 391 g/mol. The second kappa shape index (κ2) is 3.90. The van der Waals surface area contributed by atoms with Crippen LogP contribution < -0.4 is 5.32 Å². The highest BCUT2D eigenvalue weighted by Crippen LogP contribution is 2.73. The van der Waals surface area contributed by atoms with Crippen LogP contribution in [0.1, 0.15) is 39.5 Å². The quantitative estimate of drug-likeness (QED) is 0.332. The molecule has 2 bridgehead atoms. The predicted octanol–water partition coefficient (Wildman–Crippen LogP) is 1.63. The van der Waals surface area contributed by atoms with E-state index in [1.165, 1.54) is 0 Å². The van der Waals surface area contributed by atoms with Crippen LogP contribution in [0.5, 0.6) is 0 Å². The monoisotopic (exact) mass is 391 g/mol. The van der Waals surface area contributed by atoms with Gasteiger partial charge in [0.2, 0.25) is 0 Å². The van der Waals surface area contributed by atoms with Crippen LogP contribution in [0.25, 0.3) is 0 Å². The molecule has 5 heteroatoms. The Bertz CT molecular complexity index is 474. The van der Waals surface area contributed by atoms with Crippen LogP contribution in [0.2, 0.25) is 0 Å². The lowest BCUT2D eigenvalue weighted by Crippen LogP contribution is -2.42. The largest absolute Gasteiger partial charge is 0.461 e. The number of ether oxygens (including phenoxy) is 1. The molecule has 0 aromatic heterocycles. The van der Waals surface area contributed by atoms with E-state index in [-0.39, 0.29) is 23.5 Å². The Balaban J connectivity index is 1.49. The molecule has 4 rings (SSSR count). The number of nitrogens with one attached hydrogen (secondary N) is 1. The molecule has 7 atom stereocenters. The summed E-state index contributed by atoms with van der Waals surface area (Å²) in [5, 5.41) is 13.6. The Hall–Kier alpha value is 0.120. The summed E-state index contributed by atoms with van der Waals surface area (Å²) in [5.74, 6) is 0.790. The van der Waals surface area contributed by atoms with Gasteiger partial charge < -0.3 is 15.2 Å². The van der Waals surface area contributed by atoms with Gasteiger partial charge in [-0.05, 0) is 50.9 Å². The molecule has 1 saturated heterocycles. The van der Waals surface area contributed by atoms with Gasteiger partial charge in [0.1, 0.15) is 9.53 Å². The summed E-state index contributed by atoms with van der Waals surface area (Å²) < 4.78 is 5.48. The van der Waals surface area contributed by atoms with E-state index in [2.05, 4.69) is 27.9 Å². The molecule has 2 N–H and O–H groups in total. The fourth-order valence-electron chi connectivity index (χ4n) is 4.91. The highest BCUT2D eigenvalue weighted by molar-refractivity contribution is 14.1. The molecule has 0 aromatic carbocycles. The van der Waals surface area contributed by atoms with Crippen molar-refractivity contribution in [3.8, 4) is 0 Å². The van der Waals surface area contributed by atoms with Crippen molar-refractivity contribution >= 4 is 28.6 Å². The number of hydrogen-bond donors (Lipinski definition) is 2. The number of hydrogen-bond acceptors (Lipinski definition) is 4. The first-order chi connectivity index (χ1) is 9.24. The summed E-state index contributed by atoms with van der Waals surface area (Å²) in [6, 6.07) is 0.257. The van der Waals surface area contributed by atoms with Gasteiger partial charge >= 0.3 is 5.97 Å². The number of rotatable bonds is 3. The molecule has 3 saturated carbocycles. The van der Waals surface area contributed by atoms with Crippen LogP contribution >= 0.6 is 22.6 Å². The van der Waals surface area contributed by atoms with Crippen LogP contribution in [0, 0.1) is 17.3 Å². The molecule has 0 aromatic rings. The van der Waals surface area contributed by atoms with Crippen LogP contribution in [-0.2, 0) is 9.53 Å². The SMILES string of the molecule is CC1(O)CC2CC3(CC3C2OC(=O)C(C)(I)C2CN2)C1. The molecule has 4 fully saturated rings. The Morgan fingerprint density at radius 2 is 2.15 bits per heavy atom. The third-order valence-corrected chi connectivity index (χ3v) is 7.11. The molecular formula is C15H22INO3. The minimum Gasteiger partial charge on any atom is -0.461 e. The number of fused-ring (bicyclic) bond motifs is 1. The number of carbonyl (C=O) groups is 1. The Kier molecular flexibility index (Phi) is 2.68. The maximum atomic E-state index is 12.5. The highest BCUT2D eigenvalue weighted by atomic mass is 127. The predicted molar refractivity (Wildman–Crippen MR) is 82.6 cm³/mol.